The van der Waals surface area contributed by atoms with E-state index in [4.69, 9.17) is 19.7 Å². The van der Waals surface area contributed by atoms with E-state index < -0.39 is 68.1 Å². The van der Waals surface area contributed by atoms with Crippen molar-refractivity contribution in [3.8, 4) is 0 Å². The molecule has 7 N–H and O–H groups in total. The molecule has 2 fully saturated rings. The summed E-state index contributed by atoms with van der Waals surface area (Å²) < 4.78 is 10.5. The SMILES string of the molecule is OC[C@H]1O[C@H]([C@]2(O)C[C@H](O)[C@H](O)[C@@H](CO)O2)C[C@H](O)[C@@H]1O. The molecular formula is C12H22O9. The van der Waals surface area contributed by atoms with Gasteiger partial charge >= 0.3 is 0 Å². The van der Waals surface area contributed by atoms with Crippen LogP contribution in [-0.4, -0.2) is 97.5 Å². The normalized spacial score (nSPS) is 51.9. The van der Waals surface area contributed by atoms with Gasteiger partial charge in [0.2, 0.25) is 0 Å². The quantitative estimate of drug-likeness (QED) is 0.276. The Hall–Kier alpha value is -0.360. The summed E-state index contributed by atoms with van der Waals surface area (Å²) in [5.41, 5.74) is 0. The number of hydrogen-bond acceptors (Lipinski definition) is 9. The highest BCUT2D eigenvalue weighted by Gasteiger charge is 2.53. The third-order valence-electron chi connectivity index (χ3n) is 4.06. The predicted molar refractivity (Wildman–Crippen MR) is 65.9 cm³/mol. The van der Waals surface area contributed by atoms with Gasteiger partial charge in [-0.1, -0.05) is 0 Å². The van der Waals surface area contributed by atoms with Crippen molar-refractivity contribution < 1.29 is 45.2 Å². The highest BCUT2D eigenvalue weighted by atomic mass is 16.7. The maximum absolute atomic E-state index is 10.5. The lowest BCUT2D eigenvalue weighted by Gasteiger charge is -2.48. The first-order valence-electron chi connectivity index (χ1n) is 6.82. The van der Waals surface area contributed by atoms with Gasteiger partial charge in [0.1, 0.15) is 30.5 Å². The maximum Gasteiger partial charge on any atom is 0.195 e. The maximum atomic E-state index is 10.5. The standard InChI is InChI=1S/C12H22O9/c13-3-7-10(17)5(15)1-9(20-7)12(19)2-6(16)11(18)8(4-14)21-12/h5-11,13-19H,1-4H2/t5-,6-,7+,8+,9-,10-,11-,12-/m0/s1. The van der Waals surface area contributed by atoms with Crippen LogP contribution in [0, 0.1) is 0 Å². The molecule has 2 rings (SSSR count). The average Bonchev–Trinajstić information content (AvgIpc) is 2.45. The Morgan fingerprint density at radius 3 is 2.05 bits per heavy atom. The Balaban J connectivity index is 2.15. The first-order valence-corrected chi connectivity index (χ1v) is 6.82. The van der Waals surface area contributed by atoms with Gasteiger partial charge < -0.3 is 45.2 Å². The van der Waals surface area contributed by atoms with Crippen LogP contribution in [0.25, 0.3) is 0 Å². The van der Waals surface area contributed by atoms with Crippen LogP contribution in [0.3, 0.4) is 0 Å². The minimum Gasteiger partial charge on any atom is -0.394 e. The fourth-order valence-corrected chi connectivity index (χ4v) is 2.80. The summed E-state index contributed by atoms with van der Waals surface area (Å²) in [6, 6.07) is 0. The van der Waals surface area contributed by atoms with E-state index in [0.29, 0.717) is 0 Å². The van der Waals surface area contributed by atoms with Crippen LogP contribution < -0.4 is 0 Å². The van der Waals surface area contributed by atoms with Crippen LogP contribution in [0.2, 0.25) is 0 Å². The second kappa shape index (κ2) is 6.41. The molecule has 0 aromatic heterocycles. The zero-order valence-electron chi connectivity index (χ0n) is 11.3. The molecule has 0 bridgehead atoms. The summed E-state index contributed by atoms with van der Waals surface area (Å²) in [6.45, 7) is -1.19. The molecule has 2 saturated heterocycles. The Labute approximate surface area is 121 Å². The molecule has 0 amide bonds. The lowest BCUT2D eigenvalue weighted by molar-refractivity contribution is -0.360. The van der Waals surface area contributed by atoms with Crippen LogP contribution in [0.4, 0.5) is 0 Å². The van der Waals surface area contributed by atoms with E-state index in [0.717, 1.165) is 0 Å². The van der Waals surface area contributed by atoms with E-state index >= 15 is 0 Å². The van der Waals surface area contributed by atoms with Crippen molar-refractivity contribution in [3.05, 3.63) is 0 Å². The molecule has 2 heterocycles. The molecule has 0 unspecified atom stereocenters. The zero-order valence-corrected chi connectivity index (χ0v) is 11.3. The Bertz CT molecular complexity index is 354. The molecule has 0 saturated carbocycles. The molecule has 8 atom stereocenters. The number of ether oxygens (including phenoxy) is 2. The summed E-state index contributed by atoms with van der Waals surface area (Å²) in [5, 5.41) is 67.6. The fraction of sp³-hybridized carbons (Fsp3) is 1.00. The largest absolute Gasteiger partial charge is 0.394 e. The van der Waals surface area contributed by atoms with Crippen molar-refractivity contribution in [2.24, 2.45) is 0 Å². The Morgan fingerprint density at radius 1 is 0.905 bits per heavy atom. The van der Waals surface area contributed by atoms with Crippen LogP contribution in [-0.2, 0) is 9.47 Å². The molecular weight excluding hydrogens is 288 g/mol. The van der Waals surface area contributed by atoms with Gasteiger partial charge in [-0.3, -0.25) is 0 Å². The zero-order chi connectivity index (χ0) is 15.8. The van der Waals surface area contributed by atoms with Gasteiger partial charge in [-0.25, -0.2) is 0 Å². The Morgan fingerprint density at radius 2 is 1.48 bits per heavy atom. The second-order valence-electron chi connectivity index (χ2n) is 5.59. The van der Waals surface area contributed by atoms with Gasteiger partial charge in [0, 0.05) is 12.8 Å². The molecule has 0 spiro atoms. The molecule has 124 valence electrons. The van der Waals surface area contributed by atoms with Gasteiger partial charge in [0.15, 0.2) is 5.79 Å². The monoisotopic (exact) mass is 310 g/mol. The van der Waals surface area contributed by atoms with Crippen molar-refractivity contribution >= 4 is 0 Å². The predicted octanol–water partition coefficient (Wildman–Crippen LogP) is -3.95. The smallest absolute Gasteiger partial charge is 0.195 e. The third kappa shape index (κ3) is 3.21. The molecule has 21 heavy (non-hydrogen) atoms. The highest BCUT2D eigenvalue weighted by molar-refractivity contribution is 4.97. The molecule has 9 heteroatoms. The van der Waals surface area contributed by atoms with Crippen molar-refractivity contribution in [1.82, 2.24) is 0 Å². The van der Waals surface area contributed by atoms with Crippen LogP contribution in [0.5, 0.6) is 0 Å². The average molecular weight is 310 g/mol. The minimum atomic E-state index is -2.05. The molecule has 9 nitrogen and oxygen atoms in total. The van der Waals surface area contributed by atoms with E-state index in [-0.39, 0.29) is 6.42 Å². The summed E-state index contributed by atoms with van der Waals surface area (Å²) in [6.07, 6.45) is -9.28. The lowest BCUT2D eigenvalue weighted by Crippen LogP contribution is -2.64. The van der Waals surface area contributed by atoms with Gasteiger partial charge in [-0.15, -0.1) is 0 Å². The summed E-state index contributed by atoms with van der Waals surface area (Å²) >= 11 is 0. The van der Waals surface area contributed by atoms with E-state index in [1.165, 1.54) is 0 Å². The number of rotatable bonds is 3. The molecule has 0 aromatic carbocycles. The van der Waals surface area contributed by atoms with Crippen LogP contribution in [0.15, 0.2) is 0 Å². The van der Waals surface area contributed by atoms with Gasteiger partial charge in [-0.05, 0) is 0 Å². The molecule has 0 radical (unpaired) electrons. The lowest BCUT2D eigenvalue weighted by atomic mass is 9.87. The van der Waals surface area contributed by atoms with Crippen molar-refractivity contribution in [1.29, 1.82) is 0 Å². The highest BCUT2D eigenvalue weighted by Crippen LogP contribution is 2.36. The van der Waals surface area contributed by atoms with E-state index in [2.05, 4.69) is 0 Å². The summed E-state index contributed by atoms with van der Waals surface area (Å²) in [4.78, 5) is 0. The van der Waals surface area contributed by atoms with E-state index in [1.54, 1.807) is 0 Å². The van der Waals surface area contributed by atoms with Crippen molar-refractivity contribution in [2.75, 3.05) is 13.2 Å². The first kappa shape index (κ1) is 17.0. The van der Waals surface area contributed by atoms with Gasteiger partial charge in [0.25, 0.3) is 0 Å². The summed E-state index contributed by atoms with van der Waals surface area (Å²) in [7, 11) is 0. The molecule has 2 aliphatic rings. The second-order valence-corrected chi connectivity index (χ2v) is 5.59. The number of aliphatic hydroxyl groups is 7. The summed E-state index contributed by atoms with van der Waals surface area (Å²) in [5.74, 6) is -2.05. The third-order valence-corrected chi connectivity index (χ3v) is 4.06. The van der Waals surface area contributed by atoms with Gasteiger partial charge in [-0.2, -0.15) is 0 Å². The fourth-order valence-electron chi connectivity index (χ4n) is 2.80. The minimum absolute atomic E-state index is 0.185. The van der Waals surface area contributed by atoms with E-state index in [9.17, 15) is 25.5 Å². The molecule has 2 aliphatic heterocycles. The molecule has 0 aromatic rings. The number of hydrogen-bond donors (Lipinski definition) is 7. The molecule has 0 aliphatic carbocycles. The van der Waals surface area contributed by atoms with E-state index in [1.807, 2.05) is 0 Å². The van der Waals surface area contributed by atoms with Crippen molar-refractivity contribution in [2.45, 2.75) is 61.4 Å². The van der Waals surface area contributed by atoms with Crippen LogP contribution in [0.1, 0.15) is 12.8 Å². The number of aliphatic hydroxyl groups excluding tert-OH is 6. The topological polar surface area (TPSA) is 160 Å². The van der Waals surface area contributed by atoms with Crippen molar-refractivity contribution in [3.63, 3.8) is 0 Å². The first-order chi connectivity index (χ1) is 9.82. The Kier molecular flexibility index (Phi) is 5.19. The van der Waals surface area contributed by atoms with Gasteiger partial charge in [0.05, 0.1) is 25.4 Å². The van der Waals surface area contributed by atoms with Crippen LogP contribution >= 0.6 is 0 Å².